The Morgan fingerprint density at radius 2 is 1.81 bits per heavy atom. The molecular weight excluding hydrogens is 262 g/mol. The molecule has 0 N–H and O–H groups in total. The minimum atomic E-state index is 0.0610. The molecule has 1 heterocycles. The van der Waals surface area contributed by atoms with Crippen molar-refractivity contribution in [2.24, 2.45) is 0 Å². The molecule has 1 amide bonds. The van der Waals surface area contributed by atoms with Gasteiger partial charge < -0.3 is 4.90 Å². The van der Waals surface area contributed by atoms with E-state index < -0.39 is 0 Å². The van der Waals surface area contributed by atoms with Crippen molar-refractivity contribution in [3.8, 4) is 5.69 Å². The topological polar surface area (TPSA) is 38.1 Å². The molecule has 4 heteroatoms. The first kappa shape index (κ1) is 15.3. The van der Waals surface area contributed by atoms with Crippen molar-refractivity contribution in [1.29, 1.82) is 0 Å². The van der Waals surface area contributed by atoms with Gasteiger partial charge in [0.25, 0.3) is 5.91 Å². The van der Waals surface area contributed by atoms with Gasteiger partial charge in [0.05, 0.1) is 23.1 Å². The smallest absolute Gasteiger partial charge is 0.257 e. The van der Waals surface area contributed by atoms with E-state index in [4.69, 9.17) is 0 Å². The Morgan fingerprint density at radius 1 is 1.19 bits per heavy atom. The molecule has 1 aromatic heterocycles. The molecular formula is C17H23N3O. The number of hydrogen-bond donors (Lipinski definition) is 0. The first-order valence-corrected chi connectivity index (χ1v) is 7.52. The zero-order valence-corrected chi connectivity index (χ0v) is 13.2. The lowest BCUT2D eigenvalue weighted by Gasteiger charge is -2.20. The van der Waals surface area contributed by atoms with E-state index in [9.17, 15) is 4.79 Å². The van der Waals surface area contributed by atoms with Gasteiger partial charge in [0.2, 0.25) is 0 Å². The number of hydrogen-bond acceptors (Lipinski definition) is 2. The summed E-state index contributed by atoms with van der Waals surface area (Å²) >= 11 is 0. The molecule has 0 aliphatic carbocycles. The third-order valence-electron chi connectivity index (χ3n) is 3.64. The highest BCUT2D eigenvalue weighted by Gasteiger charge is 2.23. The van der Waals surface area contributed by atoms with Crippen molar-refractivity contribution in [3.05, 3.63) is 47.8 Å². The molecule has 0 radical (unpaired) electrons. The fraction of sp³-hybridized carbons (Fsp3) is 0.412. The fourth-order valence-corrected chi connectivity index (χ4v) is 2.53. The minimum absolute atomic E-state index is 0.0610. The van der Waals surface area contributed by atoms with Crippen LogP contribution >= 0.6 is 0 Å². The Labute approximate surface area is 126 Å². The van der Waals surface area contributed by atoms with E-state index in [0.29, 0.717) is 18.7 Å². The SMILES string of the molecule is CCN(CC)C(=O)c1cnn(-c2ccccc2)c1C(C)C. The van der Waals surface area contributed by atoms with Crippen LogP contribution in [0, 0.1) is 0 Å². The van der Waals surface area contributed by atoms with Crippen LogP contribution in [0.25, 0.3) is 5.69 Å². The van der Waals surface area contributed by atoms with Crippen LogP contribution in [0.3, 0.4) is 0 Å². The fourth-order valence-electron chi connectivity index (χ4n) is 2.53. The number of aromatic nitrogens is 2. The molecule has 0 atom stereocenters. The standard InChI is InChI=1S/C17H23N3O/c1-5-19(6-2)17(21)15-12-18-20(16(15)13(3)4)14-10-8-7-9-11-14/h7-13H,5-6H2,1-4H3. The highest BCUT2D eigenvalue weighted by Crippen LogP contribution is 2.24. The molecule has 0 fully saturated rings. The van der Waals surface area contributed by atoms with E-state index in [1.807, 2.05) is 53.8 Å². The molecule has 0 saturated heterocycles. The summed E-state index contributed by atoms with van der Waals surface area (Å²) < 4.78 is 1.88. The number of carbonyl (C=O) groups excluding carboxylic acids is 1. The second-order valence-electron chi connectivity index (χ2n) is 5.32. The zero-order valence-electron chi connectivity index (χ0n) is 13.2. The first-order valence-electron chi connectivity index (χ1n) is 7.52. The van der Waals surface area contributed by atoms with Crippen molar-refractivity contribution in [2.75, 3.05) is 13.1 Å². The Hall–Kier alpha value is -2.10. The average molecular weight is 285 g/mol. The maximum absolute atomic E-state index is 12.6. The molecule has 2 aromatic rings. The highest BCUT2D eigenvalue weighted by molar-refractivity contribution is 5.95. The van der Waals surface area contributed by atoms with E-state index in [1.165, 1.54) is 0 Å². The van der Waals surface area contributed by atoms with Crippen molar-refractivity contribution >= 4 is 5.91 Å². The van der Waals surface area contributed by atoms with E-state index in [-0.39, 0.29) is 11.8 Å². The van der Waals surface area contributed by atoms with Gasteiger partial charge in [-0.15, -0.1) is 0 Å². The summed E-state index contributed by atoms with van der Waals surface area (Å²) in [5, 5.41) is 4.45. The summed E-state index contributed by atoms with van der Waals surface area (Å²) in [5.41, 5.74) is 2.66. The van der Waals surface area contributed by atoms with Gasteiger partial charge in [0.15, 0.2) is 0 Å². The van der Waals surface area contributed by atoms with Crippen LogP contribution in [-0.2, 0) is 0 Å². The van der Waals surface area contributed by atoms with Gasteiger partial charge in [-0.25, -0.2) is 4.68 Å². The molecule has 0 bridgehead atoms. The summed E-state index contributed by atoms with van der Waals surface area (Å²) in [6.07, 6.45) is 1.70. The maximum atomic E-state index is 12.6. The molecule has 21 heavy (non-hydrogen) atoms. The van der Waals surface area contributed by atoms with Crippen LogP contribution < -0.4 is 0 Å². The Balaban J connectivity index is 2.50. The molecule has 1 aromatic carbocycles. The predicted octanol–water partition coefficient (Wildman–Crippen LogP) is 3.48. The van der Waals surface area contributed by atoms with Crippen LogP contribution in [0.2, 0.25) is 0 Å². The largest absolute Gasteiger partial charge is 0.339 e. The van der Waals surface area contributed by atoms with E-state index in [0.717, 1.165) is 11.4 Å². The number of carbonyl (C=O) groups is 1. The van der Waals surface area contributed by atoms with E-state index >= 15 is 0 Å². The summed E-state index contributed by atoms with van der Waals surface area (Å²) in [6.45, 7) is 9.60. The summed E-state index contributed by atoms with van der Waals surface area (Å²) in [5.74, 6) is 0.285. The maximum Gasteiger partial charge on any atom is 0.257 e. The molecule has 0 aliphatic heterocycles. The lowest BCUT2D eigenvalue weighted by molar-refractivity contribution is 0.0771. The molecule has 0 saturated carbocycles. The van der Waals surface area contributed by atoms with Crippen molar-refractivity contribution in [1.82, 2.24) is 14.7 Å². The number of rotatable bonds is 5. The van der Waals surface area contributed by atoms with Gasteiger partial charge in [0, 0.05) is 13.1 Å². The van der Waals surface area contributed by atoms with Crippen LogP contribution in [0.15, 0.2) is 36.5 Å². The molecule has 0 aliphatic rings. The van der Waals surface area contributed by atoms with Gasteiger partial charge in [-0.2, -0.15) is 5.10 Å². The van der Waals surface area contributed by atoms with Crippen LogP contribution in [0.1, 0.15) is 49.7 Å². The minimum Gasteiger partial charge on any atom is -0.339 e. The number of para-hydroxylation sites is 1. The molecule has 2 rings (SSSR count). The average Bonchev–Trinajstić information content (AvgIpc) is 2.94. The molecule has 0 spiro atoms. The van der Waals surface area contributed by atoms with Gasteiger partial charge >= 0.3 is 0 Å². The predicted molar refractivity (Wildman–Crippen MR) is 84.9 cm³/mol. The number of nitrogens with zero attached hydrogens (tertiary/aromatic N) is 3. The Bertz CT molecular complexity index is 598. The van der Waals surface area contributed by atoms with E-state index in [1.54, 1.807) is 6.20 Å². The zero-order chi connectivity index (χ0) is 15.4. The summed E-state index contributed by atoms with van der Waals surface area (Å²) in [4.78, 5) is 14.5. The Morgan fingerprint density at radius 3 is 2.33 bits per heavy atom. The van der Waals surface area contributed by atoms with Crippen LogP contribution in [0.4, 0.5) is 0 Å². The second kappa shape index (κ2) is 6.57. The third-order valence-corrected chi connectivity index (χ3v) is 3.64. The monoisotopic (exact) mass is 285 g/mol. The van der Waals surface area contributed by atoms with Crippen molar-refractivity contribution in [2.45, 2.75) is 33.6 Å². The quantitative estimate of drug-likeness (QED) is 0.843. The van der Waals surface area contributed by atoms with Crippen molar-refractivity contribution < 1.29 is 4.79 Å². The lowest BCUT2D eigenvalue weighted by Crippen LogP contribution is -2.31. The normalized spacial score (nSPS) is 10.9. The second-order valence-corrected chi connectivity index (χ2v) is 5.32. The van der Waals surface area contributed by atoms with Crippen LogP contribution in [0.5, 0.6) is 0 Å². The van der Waals surface area contributed by atoms with Crippen LogP contribution in [-0.4, -0.2) is 33.7 Å². The summed E-state index contributed by atoms with van der Waals surface area (Å²) in [6, 6.07) is 9.94. The van der Waals surface area contributed by atoms with Gasteiger partial charge in [-0.05, 0) is 31.9 Å². The molecule has 0 unspecified atom stereocenters. The van der Waals surface area contributed by atoms with Gasteiger partial charge in [-0.3, -0.25) is 4.79 Å². The number of amides is 1. The number of benzene rings is 1. The van der Waals surface area contributed by atoms with Gasteiger partial charge in [-0.1, -0.05) is 32.0 Å². The highest BCUT2D eigenvalue weighted by atomic mass is 16.2. The van der Waals surface area contributed by atoms with Gasteiger partial charge in [0.1, 0.15) is 0 Å². The summed E-state index contributed by atoms with van der Waals surface area (Å²) in [7, 11) is 0. The lowest BCUT2D eigenvalue weighted by atomic mass is 10.0. The molecule has 112 valence electrons. The van der Waals surface area contributed by atoms with Crippen molar-refractivity contribution in [3.63, 3.8) is 0 Å². The Kier molecular flexibility index (Phi) is 4.78. The van der Waals surface area contributed by atoms with E-state index in [2.05, 4.69) is 18.9 Å². The first-order chi connectivity index (χ1) is 10.1. The molecule has 4 nitrogen and oxygen atoms in total. The third kappa shape index (κ3) is 2.99.